The molecule has 3 nitrogen and oxygen atoms in total. The van der Waals surface area contributed by atoms with Gasteiger partial charge in [0.1, 0.15) is 16.8 Å². The van der Waals surface area contributed by atoms with E-state index in [1.165, 1.54) is 4.88 Å². The van der Waals surface area contributed by atoms with Gasteiger partial charge >= 0.3 is 0 Å². The van der Waals surface area contributed by atoms with Crippen molar-refractivity contribution in [2.75, 3.05) is 11.9 Å². The van der Waals surface area contributed by atoms with Crippen LogP contribution in [0, 0.1) is 0 Å². The van der Waals surface area contributed by atoms with Gasteiger partial charge in [-0.05, 0) is 24.8 Å². The van der Waals surface area contributed by atoms with Crippen LogP contribution in [0.4, 0.5) is 5.82 Å². The fourth-order valence-corrected chi connectivity index (χ4v) is 3.07. The van der Waals surface area contributed by atoms with Gasteiger partial charge in [0.15, 0.2) is 0 Å². The van der Waals surface area contributed by atoms with Crippen LogP contribution in [-0.4, -0.2) is 23.1 Å². The van der Waals surface area contributed by atoms with Gasteiger partial charge in [-0.15, -0.1) is 11.3 Å². The molecule has 20 heavy (non-hydrogen) atoms. The summed E-state index contributed by atoms with van der Waals surface area (Å²) in [5.74, 6) is 1.72. The topological polar surface area (TPSA) is 29.0 Å². The van der Waals surface area contributed by atoms with Gasteiger partial charge in [-0.25, -0.2) is 9.97 Å². The zero-order chi connectivity index (χ0) is 14.5. The predicted octanol–water partition coefficient (Wildman–Crippen LogP) is 4.21. The number of likely N-dealkylation sites (N-methyl/N-ethyl adjacent to an activating group) is 1. The first-order chi connectivity index (χ1) is 9.60. The number of nitrogens with zero attached hydrogens (tertiary/aromatic N) is 3. The van der Waals surface area contributed by atoms with Crippen LogP contribution in [0.25, 0.3) is 0 Å². The Bertz CT molecular complexity index is 542. The van der Waals surface area contributed by atoms with Crippen LogP contribution >= 0.6 is 22.9 Å². The summed E-state index contributed by atoms with van der Waals surface area (Å²) < 4.78 is 0. The summed E-state index contributed by atoms with van der Waals surface area (Å²) in [6.45, 7) is 4.32. The Hall–Kier alpha value is -1.13. The van der Waals surface area contributed by atoms with Crippen LogP contribution in [0.3, 0.4) is 0 Å². The van der Waals surface area contributed by atoms with Crippen LogP contribution < -0.4 is 4.90 Å². The van der Waals surface area contributed by atoms with Gasteiger partial charge in [0.2, 0.25) is 0 Å². The van der Waals surface area contributed by atoms with E-state index in [0.29, 0.717) is 11.2 Å². The maximum absolute atomic E-state index is 6.10. The van der Waals surface area contributed by atoms with Crippen LogP contribution in [0.15, 0.2) is 23.6 Å². The van der Waals surface area contributed by atoms with E-state index < -0.39 is 0 Å². The second-order valence-corrected chi connectivity index (χ2v) is 6.38. The van der Waals surface area contributed by atoms with Crippen LogP contribution in [0.2, 0.25) is 5.15 Å². The normalized spacial score (nSPS) is 12.4. The molecule has 0 aliphatic rings. The van der Waals surface area contributed by atoms with Crippen molar-refractivity contribution >= 4 is 28.8 Å². The summed E-state index contributed by atoms with van der Waals surface area (Å²) in [7, 11) is 2.06. The Balaban J connectivity index is 2.13. The zero-order valence-electron chi connectivity index (χ0n) is 12.1. The van der Waals surface area contributed by atoms with Crippen LogP contribution in [0.5, 0.6) is 0 Å². The molecule has 0 amide bonds. The molecule has 0 spiro atoms. The third-order valence-electron chi connectivity index (χ3n) is 3.30. The molecule has 0 N–H and O–H groups in total. The SMILES string of the molecule is CCCc1nc(Cl)cc(N(C)C(C)Cc2cccs2)n1. The number of aryl methyl sites for hydroxylation is 1. The fraction of sp³-hybridized carbons (Fsp3) is 0.467. The maximum atomic E-state index is 6.10. The predicted molar refractivity (Wildman–Crippen MR) is 86.9 cm³/mol. The zero-order valence-corrected chi connectivity index (χ0v) is 13.7. The van der Waals surface area contributed by atoms with Crippen molar-refractivity contribution in [3.8, 4) is 0 Å². The Labute approximate surface area is 129 Å². The van der Waals surface area contributed by atoms with Crippen molar-refractivity contribution in [3.63, 3.8) is 0 Å². The Morgan fingerprint density at radius 2 is 2.20 bits per heavy atom. The van der Waals surface area contributed by atoms with Gasteiger partial charge in [-0.2, -0.15) is 0 Å². The van der Waals surface area contributed by atoms with E-state index in [9.17, 15) is 0 Å². The van der Waals surface area contributed by atoms with Crippen molar-refractivity contribution in [1.29, 1.82) is 0 Å². The second kappa shape index (κ2) is 7.04. The average Bonchev–Trinajstić information content (AvgIpc) is 2.90. The number of halogens is 1. The smallest absolute Gasteiger partial charge is 0.134 e. The molecule has 0 fully saturated rings. The van der Waals surface area contributed by atoms with Crippen molar-refractivity contribution in [2.45, 2.75) is 39.2 Å². The summed E-state index contributed by atoms with van der Waals surface area (Å²) in [5.41, 5.74) is 0. The monoisotopic (exact) mass is 309 g/mol. The number of hydrogen-bond acceptors (Lipinski definition) is 4. The minimum atomic E-state index is 0.370. The summed E-state index contributed by atoms with van der Waals surface area (Å²) in [4.78, 5) is 12.4. The van der Waals surface area contributed by atoms with Gasteiger partial charge in [0.05, 0.1) is 0 Å². The largest absolute Gasteiger partial charge is 0.356 e. The summed E-state index contributed by atoms with van der Waals surface area (Å²) in [5, 5.41) is 2.64. The summed E-state index contributed by atoms with van der Waals surface area (Å²) in [6, 6.07) is 6.47. The second-order valence-electron chi connectivity index (χ2n) is 4.96. The molecule has 108 valence electrons. The number of aromatic nitrogens is 2. The highest BCUT2D eigenvalue weighted by atomic mass is 35.5. The molecule has 0 aliphatic carbocycles. The number of hydrogen-bond donors (Lipinski definition) is 0. The molecule has 2 rings (SSSR count). The quantitative estimate of drug-likeness (QED) is 0.748. The molecule has 0 saturated carbocycles. The number of anilines is 1. The van der Waals surface area contributed by atoms with E-state index in [1.54, 1.807) is 11.3 Å². The number of rotatable bonds is 6. The molecule has 2 heterocycles. The van der Waals surface area contributed by atoms with Crippen LogP contribution in [-0.2, 0) is 12.8 Å². The lowest BCUT2D eigenvalue weighted by Crippen LogP contribution is -2.31. The molecule has 0 aliphatic heterocycles. The van der Waals surface area contributed by atoms with E-state index in [4.69, 9.17) is 11.6 Å². The van der Waals surface area contributed by atoms with Crippen molar-refractivity contribution in [2.24, 2.45) is 0 Å². The molecule has 1 atom stereocenters. The lowest BCUT2D eigenvalue weighted by molar-refractivity contribution is 0.675. The summed E-state index contributed by atoms with van der Waals surface area (Å²) >= 11 is 7.89. The molecule has 5 heteroatoms. The fourth-order valence-electron chi connectivity index (χ4n) is 2.05. The first-order valence-corrected chi connectivity index (χ1v) is 8.14. The molecular weight excluding hydrogens is 290 g/mol. The van der Waals surface area contributed by atoms with E-state index in [-0.39, 0.29) is 0 Å². The third-order valence-corrected chi connectivity index (χ3v) is 4.39. The first kappa shape index (κ1) is 15.3. The molecule has 0 radical (unpaired) electrons. The highest BCUT2D eigenvalue weighted by molar-refractivity contribution is 7.09. The minimum Gasteiger partial charge on any atom is -0.356 e. The van der Waals surface area contributed by atoms with E-state index >= 15 is 0 Å². The molecule has 0 saturated heterocycles. The standard InChI is InChI=1S/C15H20ClN3S/c1-4-6-14-17-13(16)10-15(18-14)19(3)11(2)9-12-7-5-8-20-12/h5,7-8,10-11H,4,6,9H2,1-3H3. The molecule has 0 bridgehead atoms. The molecule has 2 aromatic heterocycles. The van der Waals surface area contributed by atoms with Gasteiger partial charge in [-0.1, -0.05) is 24.6 Å². The van der Waals surface area contributed by atoms with Gasteiger partial charge in [0.25, 0.3) is 0 Å². The third kappa shape index (κ3) is 3.93. The average molecular weight is 310 g/mol. The Morgan fingerprint density at radius 1 is 1.40 bits per heavy atom. The van der Waals surface area contributed by atoms with Gasteiger partial charge in [0, 0.05) is 36.9 Å². The van der Waals surface area contributed by atoms with Crippen molar-refractivity contribution < 1.29 is 0 Å². The lowest BCUT2D eigenvalue weighted by Gasteiger charge is -2.26. The Morgan fingerprint density at radius 3 is 2.85 bits per heavy atom. The number of thiophene rings is 1. The van der Waals surface area contributed by atoms with E-state index in [1.807, 2.05) is 6.07 Å². The van der Waals surface area contributed by atoms with Crippen molar-refractivity contribution in [3.05, 3.63) is 39.4 Å². The molecule has 1 unspecified atom stereocenters. The Kier molecular flexibility index (Phi) is 5.38. The van der Waals surface area contributed by atoms with E-state index in [0.717, 1.165) is 30.9 Å². The van der Waals surface area contributed by atoms with Crippen LogP contribution in [0.1, 0.15) is 31.0 Å². The molecule has 2 aromatic rings. The van der Waals surface area contributed by atoms with E-state index in [2.05, 4.69) is 53.3 Å². The highest BCUT2D eigenvalue weighted by Gasteiger charge is 2.14. The molecule has 0 aromatic carbocycles. The molecular formula is C15H20ClN3S. The highest BCUT2D eigenvalue weighted by Crippen LogP contribution is 2.20. The lowest BCUT2D eigenvalue weighted by atomic mass is 10.2. The van der Waals surface area contributed by atoms with Gasteiger partial charge < -0.3 is 4.90 Å². The maximum Gasteiger partial charge on any atom is 0.134 e. The van der Waals surface area contributed by atoms with Crippen molar-refractivity contribution in [1.82, 2.24) is 9.97 Å². The first-order valence-electron chi connectivity index (χ1n) is 6.88. The summed E-state index contributed by atoms with van der Waals surface area (Å²) in [6.07, 6.45) is 2.90. The minimum absolute atomic E-state index is 0.370. The van der Waals surface area contributed by atoms with Gasteiger partial charge in [-0.3, -0.25) is 0 Å².